The molecule has 0 saturated heterocycles. The zero-order valence-electron chi connectivity index (χ0n) is 6.48. The summed E-state index contributed by atoms with van der Waals surface area (Å²) in [7, 11) is 0. The van der Waals surface area contributed by atoms with Gasteiger partial charge in [-0.15, -0.1) is 11.3 Å². The maximum atomic E-state index is 10.4. The molecule has 0 bridgehead atoms. The Kier molecular flexibility index (Phi) is 2.28. The highest BCUT2D eigenvalue weighted by Gasteiger charge is 2.01. The molecule has 2 aromatic heterocycles. The van der Waals surface area contributed by atoms with Crippen LogP contribution in [0.4, 0.5) is 0 Å². The number of aldehydes is 1. The van der Waals surface area contributed by atoms with Crippen LogP contribution in [0.2, 0.25) is 0 Å². The zero-order chi connectivity index (χ0) is 9.26. The third-order valence-corrected chi connectivity index (χ3v) is 2.79. The lowest BCUT2D eigenvalue weighted by molar-refractivity contribution is 0.112. The number of thiophene rings is 1. The number of carbonyl (C=O) groups is 1. The van der Waals surface area contributed by atoms with Crippen molar-refractivity contribution in [3.05, 3.63) is 33.2 Å². The molecule has 0 fully saturated rings. The van der Waals surface area contributed by atoms with Crippen molar-refractivity contribution in [1.29, 1.82) is 0 Å². The van der Waals surface area contributed by atoms with Gasteiger partial charge in [0.25, 0.3) is 0 Å². The molecule has 0 aliphatic carbocycles. The molecule has 3 nitrogen and oxygen atoms in total. The standard InChI is InChI=1S/C8H5BrN2OS/c9-6-2-10-11(3-6)7-1-8(4-12)13-5-7/h1-5H. The van der Waals surface area contributed by atoms with Crippen LogP contribution < -0.4 is 0 Å². The molecular formula is C8H5BrN2OS. The molecule has 13 heavy (non-hydrogen) atoms. The van der Waals surface area contributed by atoms with Crippen molar-refractivity contribution in [2.45, 2.75) is 0 Å². The summed E-state index contributed by atoms with van der Waals surface area (Å²) < 4.78 is 2.64. The first kappa shape index (κ1) is 8.65. The second-order valence-electron chi connectivity index (χ2n) is 2.43. The minimum atomic E-state index is 0.710. The van der Waals surface area contributed by atoms with Crippen molar-refractivity contribution in [3.8, 4) is 5.69 Å². The van der Waals surface area contributed by atoms with E-state index in [9.17, 15) is 4.79 Å². The van der Waals surface area contributed by atoms with E-state index in [-0.39, 0.29) is 0 Å². The normalized spacial score (nSPS) is 10.2. The molecule has 0 spiro atoms. The van der Waals surface area contributed by atoms with E-state index >= 15 is 0 Å². The molecule has 0 saturated carbocycles. The van der Waals surface area contributed by atoms with Crippen LogP contribution in [0, 0.1) is 0 Å². The van der Waals surface area contributed by atoms with Crippen LogP contribution in [0.3, 0.4) is 0 Å². The van der Waals surface area contributed by atoms with Crippen molar-refractivity contribution in [2.75, 3.05) is 0 Å². The Morgan fingerprint density at radius 3 is 3.00 bits per heavy atom. The van der Waals surface area contributed by atoms with E-state index in [4.69, 9.17) is 0 Å². The molecule has 0 aliphatic rings. The number of aromatic nitrogens is 2. The molecule has 0 aromatic carbocycles. The molecule has 2 aromatic rings. The van der Waals surface area contributed by atoms with Gasteiger partial charge < -0.3 is 0 Å². The van der Waals surface area contributed by atoms with E-state index in [0.29, 0.717) is 4.88 Å². The summed E-state index contributed by atoms with van der Waals surface area (Å²) in [5, 5.41) is 5.99. The largest absolute Gasteiger partial charge is 0.297 e. The Labute approximate surface area is 87.1 Å². The minimum absolute atomic E-state index is 0.710. The van der Waals surface area contributed by atoms with Crippen LogP contribution >= 0.6 is 27.3 Å². The van der Waals surface area contributed by atoms with Gasteiger partial charge in [-0.3, -0.25) is 4.79 Å². The Balaban J connectivity index is 2.40. The fraction of sp³-hybridized carbons (Fsp3) is 0. The van der Waals surface area contributed by atoms with Crippen LogP contribution in [0.5, 0.6) is 0 Å². The minimum Gasteiger partial charge on any atom is -0.297 e. The SMILES string of the molecule is O=Cc1cc(-n2cc(Br)cn2)cs1. The number of nitrogens with zero attached hydrogens (tertiary/aromatic N) is 2. The summed E-state index contributed by atoms with van der Waals surface area (Å²) in [5.74, 6) is 0. The lowest BCUT2D eigenvalue weighted by Crippen LogP contribution is -1.90. The van der Waals surface area contributed by atoms with Gasteiger partial charge in [-0.1, -0.05) is 0 Å². The van der Waals surface area contributed by atoms with Crippen molar-refractivity contribution < 1.29 is 4.79 Å². The number of halogens is 1. The second-order valence-corrected chi connectivity index (χ2v) is 4.29. The first-order valence-electron chi connectivity index (χ1n) is 3.54. The van der Waals surface area contributed by atoms with Gasteiger partial charge in [0, 0.05) is 11.6 Å². The van der Waals surface area contributed by atoms with Gasteiger partial charge in [0.15, 0.2) is 6.29 Å². The molecular weight excluding hydrogens is 252 g/mol. The van der Waals surface area contributed by atoms with E-state index in [2.05, 4.69) is 21.0 Å². The highest BCUT2D eigenvalue weighted by Crippen LogP contribution is 2.18. The smallest absolute Gasteiger partial charge is 0.160 e. The molecule has 2 heterocycles. The van der Waals surface area contributed by atoms with Crippen molar-refractivity contribution in [3.63, 3.8) is 0 Å². The average molecular weight is 257 g/mol. The molecule has 66 valence electrons. The fourth-order valence-electron chi connectivity index (χ4n) is 0.966. The zero-order valence-corrected chi connectivity index (χ0v) is 8.88. The third-order valence-electron chi connectivity index (χ3n) is 1.54. The van der Waals surface area contributed by atoms with Gasteiger partial charge in [0.1, 0.15) is 0 Å². The van der Waals surface area contributed by atoms with E-state index in [1.165, 1.54) is 11.3 Å². The molecule has 0 radical (unpaired) electrons. The first-order valence-corrected chi connectivity index (χ1v) is 5.21. The van der Waals surface area contributed by atoms with Crippen LogP contribution in [0.25, 0.3) is 5.69 Å². The summed E-state index contributed by atoms with van der Waals surface area (Å²) in [5.41, 5.74) is 0.915. The predicted molar refractivity (Wildman–Crippen MR) is 54.5 cm³/mol. The van der Waals surface area contributed by atoms with E-state index in [1.54, 1.807) is 16.9 Å². The molecule has 0 N–H and O–H groups in total. The van der Waals surface area contributed by atoms with Crippen LogP contribution in [0.15, 0.2) is 28.3 Å². The predicted octanol–water partition coefficient (Wildman–Crippen LogP) is 2.51. The molecule has 5 heteroatoms. The van der Waals surface area contributed by atoms with Gasteiger partial charge in [0.2, 0.25) is 0 Å². The van der Waals surface area contributed by atoms with Crippen LogP contribution in [-0.2, 0) is 0 Å². The third kappa shape index (κ3) is 1.71. The highest BCUT2D eigenvalue weighted by molar-refractivity contribution is 9.10. The summed E-state index contributed by atoms with van der Waals surface area (Å²) in [6.07, 6.45) is 4.39. The monoisotopic (exact) mass is 256 g/mol. The van der Waals surface area contributed by atoms with Gasteiger partial charge in [-0.2, -0.15) is 5.10 Å². The number of rotatable bonds is 2. The van der Waals surface area contributed by atoms with Crippen LogP contribution in [0.1, 0.15) is 9.67 Å². The van der Waals surface area contributed by atoms with Gasteiger partial charge >= 0.3 is 0 Å². The fourth-order valence-corrected chi connectivity index (χ4v) is 1.93. The second kappa shape index (κ2) is 3.43. The molecule has 0 unspecified atom stereocenters. The van der Waals surface area contributed by atoms with Gasteiger partial charge in [0.05, 0.1) is 21.2 Å². The lowest BCUT2D eigenvalue weighted by atomic mass is 10.4. The van der Waals surface area contributed by atoms with E-state index in [1.807, 2.05) is 11.6 Å². The quantitative estimate of drug-likeness (QED) is 0.775. The number of carbonyl (C=O) groups excluding carboxylic acids is 1. The molecule has 0 amide bonds. The van der Waals surface area contributed by atoms with Gasteiger partial charge in [-0.05, 0) is 22.0 Å². The Hall–Kier alpha value is -0.940. The highest BCUT2D eigenvalue weighted by atomic mass is 79.9. The van der Waals surface area contributed by atoms with E-state index < -0.39 is 0 Å². The summed E-state index contributed by atoms with van der Waals surface area (Å²) in [4.78, 5) is 11.1. The maximum Gasteiger partial charge on any atom is 0.160 e. The van der Waals surface area contributed by atoms with Crippen molar-refractivity contribution in [1.82, 2.24) is 9.78 Å². The summed E-state index contributed by atoms with van der Waals surface area (Å²) >= 11 is 4.71. The Morgan fingerprint density at radius 2 is 2.46 bits per heavy atom. The maximum absolute atomic E-state index is 10.4. The van der Waals surface area contributed by atoms with E-state index in [0.717, 1.165) is 16.4 Å². The first-order chi connectivity index (χ1) is 6.29. The summed E-state index contributed by atoms with van der Waals surface area (Å²) in [6.45, 7) is 0. The van der Waals surface area contributed by atoms with Crippen molar-refractivity contribution >= 4 is 33.6 Å². The molecule has 2 rings (SSSR count). The number of hydrogen-bond donors (Lipinski definition) is 0. The topological polar surface area (TPSA) is 34.9 Å². The Bertz CT molecular complexity index is 435. The summed E-state index contributed by atoms with van der Waals surface area (Å²) in [6, 6.07) is 1.80. The molecule has 0 atom stereocenters. The van der Waals surface area contributed by atoms with Crippen LogP contribution in [-0.4, -0.2) is 16.1 Å². The number of hydrogen-bond acceptors (Lipinski definition) is 3. The average Bonchev–Trinajstić information content (AvgIpc) is 2.71. The van der Waals surface area contributed by atoms with Crippen molar-refractivity contribution in [2.24, 2.45) is 0 Å². The lowest BCUT2D eigenvalue weighted by Gasteiger charge is -1.92. The Morgan fingerprint density at radius 1 is 1.62 bits per heavy atom. The molecule has 0 aliphatic heterocycles. The van der Waals surface area contributed by atoms with Gasteiger partial charge in [-0.25, -0.2) is 4.68 Å².